The standard InChI is InChI=1S/C38H55N9O11/c1-21(2)32(34(39)53)46-35(54)22(3)43-37(56)33(25-13-9-6-10-14-25)47-36(55)27(18-40-23(4)48)45-29(50)16-15-28(49)41-19-30(51)42-20-31(52)44-26(38(57)58)17-24-11-7-5-8-12-24/h5,7-8,11-12,15-16,21-22,25-27,32-33H,6,9-10,13-14,17-20H2,1-4H3,(H2,39,53)(H,40,48)(H,41,49)(H,42,51)(H,43,56)(H,44,52)(H,45,50)(H,46,54)(H,47,55)(H,57,58)/b16-15+/t22-,26-,27-,32-,33-/m0/s1. The summed E-state index contributed by atoms with van der Waals surface area (Å²) in [4.78, 5) is 125. The molecule has 1 fully saturated rings. The van der Waals surface area contributed by atoms with Gasteiger partial charge in [0.25, 0.3) is 0 Å². The van der Waals surface area contributed by atoms with E-state index < -0.39 is 102 Å². The molecule has 0 heterocycles. The van der Waals surface area contributed by atoms with E-state index in [1.165, 1.54) is 13.8 Å². The maximum absolute atomic E-state index is 13.6. The molecular formula is C38H55N9O11. The molecule has 0 radical (unpaired) electrons. The van der Waals surface area contributed by atoms with Gasteiger partial charge in [-0.15, -0.1) is 0 Å². The third-order valence-electron chi connectivity index (χ3n) is 9.08. The molecule has 5 atom stereocenters. The van der Waals surface area contributed by atoms with E-state index in [-0.39, 0.29) is 24.8 Å². The molecule has 0 spiro atoms. The first-order chi connectivity index (χ1) is 27.4. The van der Waals surface area contributed by atoms with Gasteiger partial charge in [-0.05, 0) is 37.2 Å². The van der Waals surface area contributed by atoms with Crippen LogP contribution in [0, 0.1) is 11.8 Å². The van der Waals surface area contributed by atoms with Crippen molar-refractivity contribution in [2.45, 2.75) is 96.4 Å². The van der Waals surface area contributed by atoms with Gasteiger partial charge in [-0.25, -0.2) is 4.79 Å². The van der Waals surface area contributed by atoms with Crippen molar-refractivity contribution in [3.8, 4) is 0 Å². The van der Waals surface area contributed by atoms with Crippen molar-refractivity contribution >= 4 is 59.1 Å². The maximum Gasteiger partial charge on any atom is 0.326 e. The molecule has 1 aliphatic rings. The van der Waals surface area contributed by atoms with Crippen LogP contribution in [0.2, 0.25) is 0 Å². The van der Waals surface area contributed by atoms with E-state index >= 15 is 0 Å². The van der Waals surface area contributed by atoms with E-state index in [1.807, 2.05) is 0 Å². The molecule has 9 amide bonds. The zero-order valence-corrected chi connectivity index (χ0v) is 33.1. The van der Waals surface area contributed by atoms with Crippen LogP contribution < -0.4 is 48.3 Å². The number of rotatable bonds is 22. The maximum atomic E-state index is 13.6. The van der Waals surface area contributed by atoms with Gasteiger partial charge in [0.15, 0.2) is 0 Å². The average Bonchev–Trinajstić information content (AvgIpc) is 3.17. The van der Waals surface area contributed by atoms with Crippen molar-refractivity contribution in [1.29, 1.82) is 0 Å². The van der Waals surface area contributed by atoms with E-state index in [0.717, 1.165) is 31.4 Å². The van der Waals surface area contributed by atoms with E-state index in [1.54, 1.807) is 44.2 Å². The van der Waals surface area contributed by atoms with Crippen LogP contribution >= 0.6 is 0 Å². The lowest BCUT2D eigenvalue weighted by Crippen LogP contribution is -2.60. The fourth-order valence-corrected chi connectivity index (χ4v) is 5.92. The first kappa shape index (κ1) is 47.8. The Balaban J connectivity index is 1.99. The quantitative estimate of drug-likeness (QED) is 0.0542. The van der Waals surface area contributed by atoms with Crippen molar-refractivity contribution in [2.24, 2.45) is 17.6 Å². The first-order valence-corrected chi connectivity index (χ1v) is 18.9. The van der Waals surface area contributed by atoms with Crippen molar-refractivity contribution in [3.05, 3.63) is 48.0 Å². The number of carboxylic acids is 1. The average molecular weight is 814 g/mol. The SMILES string of the molecule is CC(=O)NC[C@H](NC(=O)/C=C/C(=O)NCC(=O)NCC(=O)N[C@@H](Cc1ccccc1)C(=O)O)C(=O)N[C@H](C(=O)N[C@@H](C)C(=O)N[C@H](C(N)=O)C(C)C)C1CCCCC1. The summed E-state index contributed by atoms with van der Waals surface area (Å²) in [6, 6.07) is 2.72. The van der Waals surface area contributed by atoms with E-state index in [9.17, 15) is 53.1 Å². The number of aliphatic carboxylic acids is 1. The Bertz CT molecular complexity index is 1680. The van der Waals surface area contributed by atoms with Gasteiger partial charge in [-0.2, -0.15) is 0 Å². The van der Waals surface area contributed by atoms with Gasteiger partial charge >= 0.3 is 5.97 Å². The first-order valence-electron chi connectivity index (χ1n) is 18.9. The van der Waals surface area contributed by atoms with Gasteiger partial charge in [-0.3, -0.25) is 43.2 Å². The van der Waals surface area contributed by atoms with Crippen molar-refractivity contribution in [2.75, 3.05) is 19.6 Å². The molecule has 0 saturated heterocycles. The molecule has 1 aromatic rings. The van der Waals surface area contributed by atoms with E-state index in [0.29, 0.717) is 18.4 Å². The summed E-state index contributed by atoms with van der Waals surface area (Å²) in [6.07, 6.45) is 5.23. The number of amides is 9. The molecule has 20 nitrogen and oxygen atoms in total. The molecule has 11 N–H and O–H groups in total. The highest BCUT2D eigenvalue weighted by Crippen LogP contribution is 2.27. The van der Waals surface area contributed by atoms with Crippen LogP contribution in [-0.2, 0) is 54.4 Å². The number of benzene rings is 1. The molecule has 0 bridgehead atoms. The zero-order valence-electron chi connectivity index (χ0n) is 33.1. The molecule has 1 aliphatic carbocycles. The second kappa shape index (κ2) is 24.3. The largest absolute Gasteiger partial charge is 0.480 e. The van der Waals surface area contributed by atoms with Crippen LogP contribution in [0.25, 0.3) is 0 Å². The monoisotopic (exact) mass is 813 g/mol. The van der Waals surface area contributed by atoms with Crippen LogP contribution in [-0.4, -0.2) is 114 Å². The van der Waals surface area contributed by atoms with Crippen LogP contribution in [0.3, 0.4) is 0 Å². The smallest absolute Gasteiger partial charge is 0.326 e. The van der Waals surface area contributed by atoms with Crippen LogP contribution in [0.15, 0.2) is 42.5 Å². The lowest BCUT2D eigenvalue weighted by atomic mass is 9.83. The summed E-state index contributed by atoms with van der Waals surface area (Å²) >= 11 is 0. The molecule has 2 rings (SSSR count). The fraction of sp³-hybridized carbons (Fsp3) is 0.526. The summed E-state index contributed by atoms with van der Waals surface area (Å²) in [5, 5.41) is 28.8. The van der Waals surface area contributed by atoms with Crippen LogP contribution in [0.1, 0.15) is 65.4 Å². The number of carbonyl (C=O) groups is 10. The molecule has 0 unspecified atom stereocenters. The molecule has 1 aromatic carbocycles. The molecule has 318 valence electrons. The highest BCUT2D eigenvalue weighted by molar-refractivity contribution is 6.00. The second-order valence-corrected chi connectivity index (χ2v) is 14.2. The number of carbonyl (C=O) groups excluding carboxylic acids is 9. The Morgan fingerprint density at radius 1 is 0.707 bits per heavy atom. The molecule has 20 heteroatoms. The molecule has 58 heavy (non-hydrogen) atoms. The number of hydrogen-bond acceptors (Lipinski definition) is 10. The Kier molecular flexibility index (Phi) is 20.1. The third-order valence-corrected chi connectivity index (χ3v) is 9.08. The highest BCUT2D eigenvalue weighted by Gasteiger charge is 2.35. The highest BCUT2D eigenvalue weighted by atomic mass is 16.4. The Hall–Kier alpha value is -6.34. The minimum atomic E-state index is -1.42. The van der Waals surface area contributed by atoms with E-state index in [4.69, 9.17) is 5.73 Å². The Morgan fingerprint density at radius 2 is 1.33 bits per heavy atom. The van der Waals surface area contributed by atoms with E-state index in [2.05, 4.69) is 42.5 Å². The lowest BCUT2D eigenvalue weighted by Gasteiger charge is -2.32. The summed E-state index contributed by atoms with van der Waals surface area (Å²) in [5.74, 6) is -8.76. The Morgan fingerprint density at radius 3 is 1.91 bits per heavy atom. The molecule has 0 aromatic heterocycles. The zero-order chi connectivity index (χ0) is 43.4. The van der Waals surface area contributed by atoms with Crippen LogP contribution in [0.4, 0.5) is 0 Å². The molecule has 1 saturated carbocycles. The second-order valence-electron chi connectivity index (χ2n) is 14.2. The topological polar surface area (TPSA) is 313 Å². The predicted molar refractivity (Wildman–Crippen MR) is 208 cm³/mol. The normalized spacial score (nSPS) is 15.3. The van der Waals surface area contributed by atoms with Gasteiger partial charge in [0.2, 0.25) is 53.2 Å². The van der Waals surface area contributed by atoms with Crippen molar-refractivity contribution in [1.82, 2.24) is 42.5 Å². The number of primary amides is 1. The summed E-state index contributed by atoms with van der Waals surface area (Å²) in [5.41, 5.74) is 6.07. The number of hydrogen-bond donors (Lipinski definition) is 10. The third kappa shape index (κ3) is 17.6. The van der Waals surface area contributed by atoms with Crippen molar-refractivity contribution < 1.29 is 53.1 Å². The van der Waals surface area contributed by atoms with Gasteiger partial charge in [-0.1, -0.05) is 63.4 Å². The summed E-state index contributed by atoms with van der Waals surface area (Å²) in [7, 11) is 0. The fourth-order valence-electron chi connectivity index (χ4n) is 5.92. The summed E-state index contributed by atoms with van der Waals surface area (Å²) in [6.45, 7) is 4.42. The van der Waals surface area contributed by atoms with Crippen molar-refractivity contribution in [3.63, 3.8) is 0 Å². The van der Waals surface area contributed by atoms with Gasteiger partial charge < -0.3 is 53.4 Å². The Labute approximate surface area is 336 Å². The minimum Gasteiger partial charge on any atom is -0.480 e. The lowest BCUT2D eigenvalue weighted by molar-refractivity contribution is -0.141. The number of nitrogens with two attached hydrogens (primary N) is 1. The van der Waals surface area contributed by atoms with Crippen LogP contribution in [0.5, 0.6) is 0 Å². The van der Waals surface area contributed by atoms with Gasteiger partial charge in [0.05, 0.1) is 13.1 Å². The number of nitrogens with one attached hydrogen (secondary N) is 8. The number of carboxylic acid groups (broad SMARTS) is 1. The molecule has 0 aliphatic heterocycles. The molecular weight excluding hydrogens is 758 g/mol. The predicted octanol–water partition coefficient (Wildman–Crippen LogP) is -2.60. The summed E-state index contributed by atoms with van der Waals surface area (Å²) < 4.78 is 0. The van der Waals surface area contributed by atoms with Gasteiger partial charge in [0, 0.05) is 32.0 Å². The van der Waals surface area contributed by atoms with Gasteiger partial charge in [0.1, 0.15) is 30.2 Å². The minimum absolute atomic E-state index is 0.0180.